The maximum atomic E-state index is 11.7. The predicted molar refractivity (Wildman–Crippen MR) is 85.8 cm³/mol. The first-order chi connectivity index (χ1) is 10.2. The average molecular weight is 286 g/mol. The lowest BCUT2D eigenvalue weighted by molar-refractivity contribution is 0.462. The molecule has 0 radical (unpaired) electrons. The van der Waals surface area contributed by atoms with E-state index in [1.807, 2.05) is 31.3 Å². The molecule has 4 heteroatoms. The zero-order valence-electron chi connectivity index (χ0n) is 12.5. The number of pyridine rings is 1. The van der Waals surface area contributed by atoms with E-state index in [4.69, 9.17) is 0 Å². The fraction of sp³-hybridized carbons (Fsp3) is 0.353. The topological polar surface area (TPSA) is 54.3 Å². The third-order valence-corrected chi connectivity index (χ3v) is 3.51. The molecule has 0 fully saturated rings. The van der Waals surface area contributed by atoms with Crippen LogP contribution in [0.3, 0.4) is 0 Å². The number of nitrogens with zero attached hydrogens (tertiary/aromatic N) is 1. The van der Waals surface area contributed by atoms with Gasteiger partial charge in [-0.25, -0.2) is 0 Å². The summed E-state index contributed by atoms with van der Waals surface area (Å²) in [6.07, 6.45) is 3.60. The van der Waals surface area contributed by atoms with Gasteiger partial charge in [-0.1, -0.05) is 32.0 Å². The molecule has 1 heterocycles. The van der Waals surface area contributed by atoms with Crippen LogP contribution in [0.15, 0.2) is 47.4 Å². The van der Waals surface area contributed by atoms with Crippen molar-refractivity contribution >= 4 is 5.69 Å². The normalized spacial score (nSPS) is 12.1. The van der Waals surface area contributed by atoms with Gasteiger partial charge in [-0.15, -0.1) is 0 Å². The fourth-order valence-corrected chi connectivity index (χ4v) is 2.42. The highest BCUT2D eigenvalue weighted by Gasteiger charge is 2.13. The van der Waals surface area contributed by atoms with Crippen molar-refractivity contribution in [3.8, 4) is 5.75 Å². The summed E-state index contributed by atoms with van der Waals surface area (Å²) in [5.41, 5.74) is 1.77. The molecule has 1 aromatic heterocycles. The van der Waals surface area contributed by atoms with Crippen LogP contribution in [0.25, 0.3) is 0 Å². The summed E-state index contributed by atoms with van der Waals surface area (Å²) in [6, 6.07) is 10.7. The zero-order chi connectivity index (χ0) is 15.2. The number of hydrogen-bond donors (Lipinski definition) is 2. The highest BCUT2D eigenvalue weighted by molar-refractivity contribution is 5.46. The number of aromatic hydroxyl groups is 1. The molecule has 0 aliphatic carbocycles. The van der Waals surface area contributed by atoms with Crippen LogP contribution in [0.5, 0.6) is 5.75 Å². The second kappa shape index (κ2) is 6.97. The summed E-state index contributed by atoms with van der Waals surface area (Å²) in [6.45, 7) is 4.82. The molecule has 21 heavy (non-hydrogen) atoms. The maximum absolute atomic E-state index is 11.7. The van der Waals surface area contributed by atoms with Crippen LogP contribution in [0.2, 0.25) is 0 Å². The van der Waals surface area contributed by atoms with Crippen molar-refractivity contribution in [2.24, 2.45) is 0 Å². The molecule has 0 amide bonds. The van der Waals surface area contributed by atoms with E-state index >= 15 is 0 Å². The lowest BCUT2D eigenvalue weighted by Gasteiger charge is -2.20. The Morgan fingerprint density at radius 2 is 1.95 bits per heavy atom. The first kappa shape index (κ1) is 15.2. The van der Waals surface area contributed by atoms with Crippen molar-refractivity contribution in [1.82, 2.24) is 4.57 Å². The number of aromatic nitrogens is 1. The second-order valence-electron chi connectivity index (χ2n) is 5.11. The molecule has 0 saturated carbocycles. The third-order valence-electron chi connectivity index (χ3n) is 3.51. The van der Waals surface area contributed by atoms with E-state index < -0.39 is 0 Å². The highest BCUT2D eigenvalue weighted by atomic mass is 16.3. The van der Waals surface area contributed by atoms with Crippen molar-refractivity contribution in [2.75, 3.05) is 5.32 Å². The van der Waals surface area contributed by atoms with Crippen molar-refractivity contribution in [1.29, 1.82) is 0 Å². The monoisotopic (exact) mass is 286 g/mol. The Hall–Kier alpha value is -2.23. The summed E-state index contributed by atoms with van der Waals surface area (Å²) in [4.78, 5) is 11.7. The van der Waals surface area contributed by atoms with E-state index in [-0.39, 0.29) is 11.6 Å². The van der Waals surface area contributed by atoms with Gasteiger partial charge < -0.3 is 15.0 Å². The standard InChI is InChI=1S/C17H22N2O2/c1-3-11-19-12-13(9-10-17(19)21)18-15(4-2)14-7-5-6-8-16(14)20/h5-10,12,15,18,20H,3-4,11H2,1-2H3. The van der Waals surface area contributed by atoms with Crippen LogP contribution in [-0.2, 0) is 6.54 Å². The lowest BCUT2D eigenvalue weighted by atomic mass is 10.0. The minimum Gasteiger partial charge on any atom is -0.508 e. The van der Waals surface area contributed by atoms with Crippen molar-refractivity contribution in [3.63, 3.8) is 0 Å². The Bertz CT molecular complexity index is 649. The van der Waals surface area contributed by atoms with Gasteiger partial charge in [0.05, 0.1) is 11.7 Å². The minimum atomic E-state index is 0.0120. The van der Waals surface area contributed by atoms with Gasteiger partial charge in [0.25, 0.3) is 5.56 Å². The van der Waals surface area contributed by atoms with E-state index in [1.165, 1.54) is 0 Å². The van der Waals surface area contributed by atoms with E-state index in [0.29, 0.717) is 12.3 Å². The van der Waals surface area contributed by atoms with Crippen LogP contribution in [0.1, 0.15) is 38.3 Å². The number of phenols is 1. The second-order valence-corrected chi connectivity index (χ2v) is 5.11. The number of rotatable bonds is 6. The number of benzene rings is 1. The fourth-order valence-electron chi connectivity index (χ4n) is 2.42. The van der Waals surface area contributed by atoms with Gasteiger partial charge in [-0.3, -0.25) is 4.79 Å². The summed E-state index contributed by atoms with van der Waals surface area (Å²) in [5, 5.41) is 13.4. The van der Waals surface area contributed by atoms with Gasteiger partial charge in [-0.2, -0.15) is 0 Å². The average Bonchev–Trinajstić information content (AvgIpc) is 2.49. The van der Waals surface area contributed by atoms with Crippen molar-refractivity contribution in [3.05, 3.63) is 58.5 Å². The number of aryl methyl sites for hydroxylation is 1. The van der Waals surface area contributed by atoms with E-state index in [2.05, 4.69) is 12.2 Å². The Morgan fingerprint density at radius 3 is 2.62 bits per heavy atom. The van der Waals surface area contributed by atoms with Crippen LogP contribution in [-0.4, -0.2) is 9.67 Å². The number of anilines is 1. The quantitative estimate of drug-likeness (QED) is 0.854. The summed E-state index contributed by atoms with van der Waals surface area (Å²) in [5.74, 6) is 0.290. The molecule has 0 bridgehead atoms. The van der Waals surface area contributed by atoms with Gasteiger partial charge in [0.15, 0.2) is 0 Å². The first-order valence-corrected chi connectivity index (χ1v) is 7.40. The molecular formula is C17H22N2O2. The molecule has 112 valence electrons. The molecule has 0 spiro atoms. The van der Waals surface area contributed by atoms with Crippen LogP contribution in [0, 0.1) is 0 Å². The van der Waals surface area contributed by atoms with Gasteiger partial charge in [0.2, 0.25) is 0 Å². The third kappa shape index (κ3) is 3.66. The first-order valence-electron chi connectivity index (χ1n) is 7.40. The van der Waals surface area contributed by atoms with Crippen molar-refractivity contribution < 1.29 is 5.11 Å². The summed E-state index contributed by atoms with van der Waals surface area (Å²) >= 11 is 0. The smallest absolute Gasteiger partial charge is 0.250 e. The molecule has 4 nitrogen and oxygen atoms in total. The van der Waals surface area contributed by atoms with E-state index in [1.54, 1.807) is 22.8 Å². The van der Waals surface area contributed by atoms with E-state index in [9.17, 15) is 9.90 Å². The van der Waals surface area contributed by atoms with Crippen LogP contribution >= 0.6 is 0 Å². The Labute approximate surface area is 125 Å². The summed E-state index contributed by atoms with van der Waals surface area (Å²) in [7, 11) is 0. The molecule has 1 aromatic carbocycles. The van der Waals surface area contributed by atoms with Gasteiger partial charge in [0.1, 0.15) is 5.75 Å². The molecular weight excluding hydrogens is 264 g/mol. The van der Waals surface area contributed by atoms with Gasteiger partial charge >= 0.3 is 0 Å². The molecule has 0 aliphatic heterocycles. The molecule has 1 unspecified atom stereocenters. The zero-order valence-corrected chi connectivity index (χ0v) is 12.5. The number of hydrogen-bond acceptors (Lipinski definition) is 3. The van der Waals surface area contributed by atoms with Crippen molar-refractivity contribution in [2.45, 2.75) is 39.3 Å². The van der Waals surface area contributed by atoms with Crippen LogP contribution in [0.4, 0.5) is 5.69 Å². The van der Waals surface area contributed by atoms with Gasteiger partial charge in [-0.05, 0) is 25.0 Å². The SMILES string of the molecule is CCCn1cc(NC(CC)c2ccccc2O)ccc1=O. The molecule has 1 atom stereocenters. The molecule has 2 rings (SSSR count). The van der Waals surface area contributed by atoms with Gasteiger partial charge in [0, 0.05) is 24.4 Å². The predicted octanol–water partition coefficient (Wildman–Crippen LogP) is 3.53. The Kier molecular flexibility index (Phi) is 5.04. The molecule has 2 aromatic rings. The minimum absolute atomic E-state index is 0.0120. The largest absolute Gasteiger partial charge is 0.508 e. The maximum Gasteiger partial charge on any atom is 0.250 e. The lowest BCUT2D eigenvalue weighted by Crippen LogP contribution is -2.19. The molecule has 0 aliphatic rings. The number of para-hydroxylation sites is 1. The Balaban J connectivity index is 2.25. The number of phenolic OH excluding ortho intramolecular Hbond substituents is 1. The highest BCUT2D eigenvalue weighted by Crippen LogP contribution is 2.28. The van der Waals surface area contributed by atoms with E-state index in [0.717, 1.165) is 24.1 Å². The molecule has 0 saturated heterocycles. The van der Waals surface area contributed by atoms with Crippen LogP contribution < -0.4 is 10.9 Å². The Morgan fingerprint density at radius 1 is 1.19 bits per heavy atom. The number of nitrogens with one attached hydrogen (secondary N) is 1. The molecule has 2 N–H and O–H groups in total. The summed E-state index contributed by atoms with van der Waals surface area (Å²) < 4.78 is 1.71.